The molecule has 0 N–H and O–H groups in total. The zero-order valence-corrected chi connectivity index (χ0v) is 13.2. The summed E-state index contributed by atoms with van der Waals surface area (Å²) in [5.41, 5.74) is 1.94. The highest BCUT2D eigenvalue weighted by Crippen LogP contribution is 2.22. The number of hydrogen-bond acceptors (Lipinski definition) is 5. The zero-order valence-electron chi connectivity index (χ0n) is 13.2. The molecule has 3 aromatic rings. The Morgan fingerprint density at radius 2 is 1.96 bits per heavy atom. The van der Waals surface area contributed by atoms with Crippen molar-refractivity contribution in [2.75, 3.05) is 6.61 Å². The molecule has 5 nitrogen and oxygen atoms in total. The summed E-state index contributed by atoms with van der Waals surface area (Å²) in [6, 6.07) is 9.85. The predicted octanol–water partition coefficient (Wildman–Crippen LogP) is 4.43. The van der Waals surface area contributed by atoms with Gasteiger partial charge in [-0.25, -0.2) is 4.98 Å². The number of aryl methyl sites for hydroxylation is 2. The van der Waals surface area contributed by atoms with Gasteiger partial charge in [-0.3, -0.25) is 0 Å². The summed E-state index contributed by atoms with van der Waals surface area (Å²) >= 11 is 0. The fraction of sp³-hybridized carbons (Fsp3) is 0.333. The Kier molecular flexibility index (Phi) is 5.09. The van der Waals surface area contributed by atoms with Crippen LogP contribution in [0.4, 0.5) is 0 Å². The van der Waals surface area contributed by atoms with Gasteiger partial charge in [0.25, 0.3) is 0 Å². The van der Waals surface area contributed by atoms with Gasteiger partial charge in [0, 0.05) is 18.1 Å². The second-order valence-corrected chi connectivity index (χ2v) is 5.48. The van der Waals surface area contributed by atoms with E-state index in [-0.39, 0.29) is 0 Å². The van der Waals surface area contributed by atoms with E-state index in [0.29, 0.717) is 0 Å². The Labute approximate surface area is 135 Å². The summed E-state index contributed by atoms with van der Waals surface area (Å²) in [5, 5.41) is 3.89. The first-order valence-corrected chi connectivity index (χ1v) is 7.85. The third kappa shape index (κ3) is 4.45. The minimum atomic E-state index is 0.719. The van der Waals surface area contributed by atoms with Gasteiger partial charge in [0.1, 0.15) is 11.5 Å². The number of hydrogen-bond donors (Lipinski definition) is 0. The Bertz CT molecular complexity index is 702. The average molecular weight is 312 g/mol. The second-order valence-electron chi connectivity index (χ2n) is 5.48. The highest BCUT2D eigenvalue weighted by molar-refractivity contribution is 5.57. The van der Waals surface area contributed by atoms with E-state index >= 15 is 0 Å². The Morgan fingerprint density at radius 3 is 2.65 bits per heavy atom. The van der Waals surface area contributed by atoms with Crippen LogP contribution in [0.3, 0.4) is 0 Å². The highest BCUT2D eigenvalue weighted by atomic mass is 16.5. The van der Waals surface area contributed by atoms with Crippen LogP contribution in [0.5, 0.6) is 5.75 Å². The van der Waals surface area contributed by atoms with E-state index in [1.54, 1.807) is 6.20 Å². The zero-order chi connectivity index (χ0) is 15.9. The Hall–Kier alpha value is -2.56. The van der Waals surface area contributed by atoms with Gasteiger partial charge in [0.2, 0.25) is 0 Å². The lowest BCUT2D eigenvalue weighted by molar-refractivity contribution is 0.303. The molecule has 0 saturated heterocycles. The van der Waals surface area contributed by atoms with Crippen molar-refractivity contribution < 1.29 is 13.7 Å². The molecule has 2 heterocycles. The van der Waals surface area contributed by atoms with Gasteiger partial charge in [0.15, 0.2) is 12.2 Å². The largest absolute Gasteiger partial charge is 0.494 e. The van der Waals surface area contributed by atoms with E-state index in [9.17, 15) is 0 Å². The summed E-state index contributed by atoms with van der Waals surface area (Å²) < 4.78 is 16.2. The smallest absolute Gasteiger partial charge is 0.181 e. The summed E-state index contributed by atoms with van der Waals surface area (Å²) in [6.45, 7) is 2.66. The van der Waals surface area contributed by atoms with Crippen LogP contribution < -0.4 is 4.74 Å². The summed E-state index contributed by atoms with van der Waals surface area (Å²) in [4.78, 5) is 3.91. The summed E-state index contributed by atoms with van der Waals surface area (Å²) in [6.07, 6.45) is 7.29. The SMILES string of the molecule is Cc1cc(CCCCCOc2ccc(-c3cnco3)cc2)on1. The number of nitrogens with zero attached hydrogens (tertiary/aromatic N) is 2. The van der Waals surface area contributed by atoms with Crippen molar-refractivity contribution in [2.45, 2.75) is 32.6 Å². The molecule has 0 bridgehead atoms. The molecule has 1 aromatic carbocycles. The van der Waals surface area contributed by atoms with Crippen molar-refractivity contribution >= 4 is 0 Å². The lowest BCUT2D eigenvalue weighted by atomic mass is 10.1. The van der Waals surface area contributed by atoms with Gasteiger partial charge in [-0.1, -0.05) is 5.16 Å². The third-order valence-electron chi connectivity index (χ3n) is 3.58. The molecular formula is C18H20N2O3. The number of ether oxygens (including phenoxy) is 1. The van der Waals surface area contributed by atoms with E-state index in [1.165, 1.54) is 6.39 Å². The predicted molar refractivity (Wildman–Crippen MR) is 86.2 cm³/mol. The molecule has 0 radical (unpaired) electrons. The van der Waals surface area contributed by atoms with Crippen LogP contribution >= 0.6 is 0 Å². The maximum absolute atomic E-state index is 5.75. The molecule has 0 aliphatic rings. The summed E-state index contributed by atoms with van der Waals surface area (Å²) in [7, 11) is 0. The molecule has 0 aliphatic carbocycles. The lowest BCUT2D eigenvalue weighted by Crippen LogP contribution is -1.97. The van der Waals surface area contributed by atoms with Crippen LogP contribution in [-0.4, -0.2) is 16.7 Å². The molecule has 23 heavy (non-hydrogen) atoms. The van der Waals surface area contributed by atoms with Crippen LogP contribution in [0.15, 0.2) is 51.9 Å². The quantitative estimate of drug-likeness (QED) is 0.576. The topological polar surface area (TPSA) is 61.3 Å². The van der Waals surface area contributed by atoms with Crippen LogP contribution in [0.1, 0.15) is 30.7 Å². The maximum atomic E-state index is 5.75. The maximum Gasteiger partial charge on any atom is 0.181 e. The van der Waals surface area contributed by atoms with Crippen LogP contribution in [0.2, 0.25) is 0 Å². The standard InChI is InChI=1S/C18H20N2O3/c1-14-11-17(23-20-14)5-3-2-4-10-21-16-8-6-15(7-9-16)18-12-19-13-22-18/h6-9,11-13H,2-5,10H2,1H3. The number of rotatable bonds is 8. The third-order valence-corrected chi connectivity index (χ3v) is 3.58. The summed E-state index contributed by atoms with van der Waals surface area (Å²) in [5.74, 6) is 2.60. The number of unbranched alkanes of at least 4 members (excludes halogenated alkanes) is 2. The first-order valence-electron chi connectivity index (χ1n) is 7.85. The molecule has 0 unspecified atom stereocenters. The van der Waals surface area contributed by atoms with Crippen LogP contribution in [-0.2, 0) is 6.42 Å². The van der Waals surface area contributed by atoms with E-state index in [2.05, 4.69) is 10.1 Å². The molecule has 0 saturated carbocycles. The Balaban J connectivity index is 1.34. The van der Waals surface area contributed by atoms with Gasteiger partial charge in [0.05, 0.1) is 18.5 Å². The van der Waals surface area contributed by atoms with E-state index in [0.717, 1.165) is 60.8 Å². The molecule has 5 heteroatoms. The fourth-order valence-electron chi connectivity index (χ4n) is 2.38. The number of benzene rings is 1. The molecule has 2 aromatic heterocycles. The minimum Gasteiger partial charge on any atom is -0.494 e. The first kappa shape index (κ1) is 15.3. The van der Waals surface area contributed by atoms with Gasteiger partial charge in [-0.15, -0.1) is 0 Å². The molecule has 0 fully saturated rings. The van der Waals surface area contributed by atoms with Crippen LogP contribution in [0, 0.1) is 6.92 Å². The highest BCUT2D eigenvalue weighted by Gasteiger charge is 2.02. The fourth-order valence-corrected chi connectivity index (χ4v) is 2.38. The Morgan fingerprint density at radius 1 is 1.09 bits per heavy atom. The van der Waals surface area contributed by atoms with Crippen molar-refractivity contribution in [3.8, 4) is 17.1 Å². The van der Waals surface area contributed by atoms with Crippen molar-refractivity contribution in [2.24, 2.45) is 0 Å². The number of aromatic nitrogens is 2. The second kappa shape index (κ2) is 7.63. The van der Waals surface area contributed by atoms with E-state index in [1.807, 2.05) is 37.3 Å². The molecule has 3 rings (SSSR count). The first-order chi connectivity index (χ1) is 11.3. The average Bonchev–Trinajstić information content (AvgIpc) is 3.23. The molecular weight excluding hydrogens is 292 g/mol. The van der Waals surface area contributed by atoms with Crippen molar-refractivity contribution in [3.05, 3.63) is 54.4 Å². The molecule has 0 aliphatic heterocycles. The van der Waals surface area contributed by atoms with Crippen LogP contribution in [0.25, 0.3) is 11.3 Å². The van der Waals surface area contributed by atoms with Crippen molar-refractivity contribution in [3.63, 3.8) is 0 Å². The molecule has 0 spiro atoms. The van der Waals surface area contributed by atoms with Gasteiger partial charge < -0.3 is 13.7 Å². The van der Waals surface area contributed by atoms with Gasteiger partial charge in [-0.2, -0.15) is 0 Å². The van der Waals surface area contributed by atoms with E-state index < -0.39 is 0 Å². The minimum absolute atomic E-state index is 0.719. The lowest BCUT2D eigenvalue weighted by Gasteiger charge is -2.06. The monoisotopic (exact) mass is 312 g/mol. The van der Waals surface area contributed by atoms with Crippen molar-refractivity contribution in [1.82, 2.24) is 10.1 Å². The normalized spacial score (nSPS) is 10.8. The van der Waals surface area contributed by atoms with Gasteiger partial charge >= 0.3 is 0 Å². The molecule has 0 atom stereocenters. The molecule has 0 amide bonds. The van der Waals surface area contributed by atoms with Gasteiger partial charge in [-0.05, 0) is 50.5 Å². The van der Waals surface area contributed by atoms with Crippen molar-refractivity contribution in [1.29, 1.82) is 0 Å². The number of oxazole rings is 1. The molecule has 120 valence electrons. The van der Waals surface area contributed by atoms with E-state index in [4.69, 9.17) is 13.7 Å².